The van der Waals surface area contributed by atoms with E-state index in [1.807, 2.05) is 62.8 Å². The van der Waals surface area contributed by atoms with Crippen molar-refractivity contribution >= 4 is 56.9 Å². The molecule has 0 radical (unpaired) electrons. The molecular formula is C102H200N24O14S. The van der Waals surface area contributed by atoms with Gasteiger partial charge in [0.05, 0.1) is 57.4 Å². The van der Waals surface area contributed by atoms with E-state index in [9.17, 15) is 47.3 Å². The molecule has 9 N–H and O–H groups in total. The Balaban J connectivity index is -0.000000487. The van der Waals surface area contributed by atoms with Gasteiger partial charge in [-0.15, -0.1) is 15.3 Å². The molecule has 3 aromatic heterocycles. The number of nitro groups is 1. The van der Waals surface area contributed by atoms with Crippen LogP contribution < -0.4 is 69.1 Å². The standard InChI is InChI=1S/C14H27N3O.C13H22N2O2.C12H20N2O2.C10H20N4.C10H19N3O.C9H17N3.2C9H19NO2.C8H18N4O2.C8H19NO2S/c1-13(2,3)8-7-9-17-10-12(15-16-17)11-18-14(4,5)6;1-13(2,3)7-6-8-14-9-10(15(4)5)12(17)11(9)16;1-12(2,3)6-5-7-14-9-8(13-4)10(15)11(9)16;1-9(2)6-5-7-12-10(13-8-11)14(3)4;1-10(2,3)5-4-6-13-7-9(8-14)11-12-13;1-9(2,3)5-4-7-12-8-6-10-11-12;1-9(2,3)6-5-7-10-8(11)12-4;1-9(2,3)6-5-7-12-8(11)10-4;1-7(2)5-4-6-10-8(9-3)11-12(13)14;1-8(2)6-5-7-9(3)12(4,10)11/h10H,7-9,11H2,1-6H3;14H,6-8H2,1-5H3;13-14H,5-7H2,1-4H3;9H,5-7H2,1-4H3,(H,12,13);7,14H,4-6,8H2,1-3H3;6,8H,4-5,7H2,1-3H3;2*5-7H2,1-4H3,(H,10,11);7H,4-6H2,1-3H3,(H2,9,10,11);8H,5-7H2,1-4H3. The summed E-state index contributed by atoms with van der Waals surface area (Å²) in [6, 6.07) is 0. The Labute approximate surface area is 851 Å². The number of rotatable bonds is 42. The molecule has 0 aliphatic rings. The largest absolute Gasteiger partial charge is 0.453 e. The third-order valence-electron chi connectivity index (χ3n) is 20.1. The first-order valence-electron chi connectivity index (χ1n) is 50.2. The number of alkyl carbamates (subject to hydrolysis) is 2. The van der Waals surface area contributed by atoms with Crippen LogP contribution in [0.5, 0.6) is 0 Å². The van der Waals surface area contributed by atoms with E-state index in [1.165, 1.54) is 49.8 Å². The zero-order valence-electron chi connectivity index (χ0n) is 95.5. The van der Waals surface area contributed by atoms with E-state index in [0.29, 0.717) is 117 Å². The van der Waals surface area contributed by atoms with Crippen molar-refractivity contribution in [3.05, 3.63) is 87.2 Å². The van der Waals surface area contributed by atoms with Crippen LogP contribution in [0.1, 0.15) is 348 Å². The number of aryl methyl sites for hydroxylation is 3. The maximum absolute atomic E-state index is 11.4. The second-order valence-electron chi connectivity index (χ2n) is 46.3. The monoisotopic (exact) mass is 2020 g/mol. The second-order valence-corrected chi connectivity index (χ2v) is 48.4. The van der Waals surface area contributed by atoms with Gasteiger partial charge in [-0.25, -0.2) is 32.4 Å². The van der Waals surface area contributed by atoms with Gasteiger partial charge in [-0.1, -0.05) is 203 Å². The van der Waals surface area contributed by atoms with Crippen LogP contribution in [0.2, 0.25) is 0 Å². The molecule has 0 atom stereocenters. The number of guanidine groups is 2. The zero-order chi connectivity index (χ0) is 110. The van der Waals surface area contributed by atoms with Crippen LogP contribution in [0.4, 0.5) is 32.3 Å². The van der Waals surface area contributed by atoms with Crippen molar-refractivity contribution in [3.63, 3.8) is 0 Å². The van der Waals surface area contributed by atoms with Gasteiger partial charge in [-0.05, 0) is 205 Å². The van der Waals surface area contributed by atoms with Crippen molar-refractivity contribution < 1.29 is 42.4 Å². The van der Waals surface area contributed by atoms with E-state index < -0.39 is 25.9 Å². The Morgan fingerprint density at radius 1 is 0.539 bits per heavy atom. The topological polar surface area (TPSA) is 474 Å². The van der Waals surface area contributed by atoms with Crippen molar-refractivity contribution in [1.29, 1.82) is 5.26 Å². The highest BCUT2D eigenvalue weighted by Gasteiger charge is 2.24. The van der Waals surface area contributed by atoms with Crippen LogP contribution in [-0.2, 0) is 57.1 Å². The fourth-order valence-electron chi connectivity index (χ4n) is 12.0. The summed E-state index contributed by atoms with van der Waals surface area (Å²) in [5.74, 6) is 2.87. The molecule has 0 unspecified atom stereocenters. The molecule has 0 aliphatic carbocycles. The molecule has 0 spiro atoms. The van der Waals surface area contributed by atoms with Gasteiger partial charge in [0.1, 0.15) is 39.2 Å². The molecule has 0 saturated heterocycles. The smallest absolute Gasteiger partial charge is 0.406 e. The lowest BCUT2D eigenvalue weighted by molar-refractivity contribution is -0.485. The fourth-order valence-corrected chi connectivity index (χ4v) is 12.5. The van der Waals surface area contributed by atoms with E-state index in [1.54, 1.807) is 69.2 Å². The SMILES string of the molecule is CC(C)(C)CCCn1cc(CO)nn1.CC(C)(C)CCCn1cc(COC(C)(C)C)nn1.CC(C)(C)CCCn1ccnn1.CC(C)CCCN(C)S(C)(=O)=O.CC(C)CCCN=C(NC#N)N(C)C.CN(C)c1c(NCCCC(C)(C)C)c(=O)c1=O.CN/C(=N\[N+](=O)[O-])NCCCC(C)C.CNC(=O)OCCCC(C)(C)C.CNc1c(NCCCC(C)(C)C)c(=O)c1=O.COC(=O)NCCCC(C)(C)C. The number of methoxy groups -OCH3 is 1. The van der Waals surface area contributed by atoms with E-state index in [2.05, 4.69) is 275 Å². The lowest BCUT2D eigenvalue weighted by Gasteiger charge is -2.21. The van der Waals surface area contributed by atoms with Crippen LogP contribution in [-0.4, -0.2) is 218 Å². The van der Waals surface area contributed by atoms with Gasteiger partial charge in [-0.3, -0.25) is 43.5 Å². The molecule has 818 valence electrons. The Morgan fingerprint density at radius 2 is 0.950 bits per heavy atom. The number of hydrogen-bond donors (Lipinski definition) is 9. The van der Waals surface area contributed by atoms with Gasteiger partial charge in [0.2, 0.25) is 16.0 Å². The number of aromatic nitrogens is 9. The molecule has 2 amide bonds. The number of aliphatic hydroxyl groups excluding tert-OH is 1. The lowest BCUT2D eigenvalue weighted by atomic mass is 9.90. The summed E-state index contributed by atoms with van der Waals surface area (Å²) >= 11 is 0. The molecule has 141 heavy (non-hydrogen) atoms. The molecule has 5 rings (SSSR count). The number of nitrogens with zero attached hydrogens (tertiary/aromatic N) is 16. The number of sulfonamides is 1. The highest BCUT2D eigenvalue weighted by atomic mass is 32.2. The van der Waals surface area contributed by atoms with Crippen LogP contribution in [0.15, 0.2) is 54.1 Å². The first-order valence-corrected chi connectivity index (χ1v) is 52.0. The highest BCUT2D eigenvalue weighted by Crippen LogP contribution is 2.27. The van der Waals surface area contributed by atoms with E-state index in [4.69, 9.17) is 19.8 Å². The van der Waals surface area contributed by atoms with Crippen molar-refractivity contribution in [1.82, 2.24) is 80.8 Å². The lowest BCUT2D eigenvalue weighted by Crippen LogP contribution is -2.40. The van der Waals surface area contributed by atoms with Gasteiger partial charge in [0, 0.05) is 121 Å². The molecule has 5 aromatic rings. The van der Waals surface area contributed by atoms with Crippen molar-refractivity contribution in [2.75, 3.05) is 136 Å². The molecule has 0 aliphatic heterocycles. The van der Waals surface area contributed by atoms with Gasteiger partial charge >= 0.3 is 12.2 Å². The maximum atomic E-state index is 11.4. The fraction of sp³-hybridized carbons (Fsp3) is 0.814. The average molecular weight is 2020 g/mol. The number of carbonyl (C=O) groups excluding carboxylic acids is 2. The van der Waals surface area contributed by atoms with Gasteiger partial charge < -0.3 is 66.3 Å². The maximum Gasteiger partial charge on any atom is 0.406 e. The first-order chi connectivity index (χ1) is 64.7. The molecule has 0 bridgehead atoms. The average Bonchev–Trinajstić information content (AvgIpc) is 0.813. The molecule has 0 saturated carbocycles. The zero-order valence-corrected chi connectivity index (χ0v) is 96.3. The Morgan fingerprint density at radius 3 is 1.33 bits per heavy atom. The van der Waals surface area contributed by atoms with Gasteiger partial charge in [0.15, 0.2) is 11.2 Å². The van der Waals surface area contributed by atoms with Crippen LogP contribution in [0, 0.1) is 77.2 Å². The quantitative estimate of drug-likeness (QED) is 0.00256. The van der Waals surface area contributed by atoms with Crippen LogP contribution >= 0.6 is 0 Å². The van der Waals surface area contributed by atoms with Crippen LogP contribution in [0.3, 0.4) is 0 Å². The summed E-state index contributed by atoms with van der Waals surface area (Å²) in [7, 11) is 12.1. The predicted octanol–water partition coefficient (Wildman–Crippen LogP) is 18.1. The van der Waals surface area contributed by atoms with E-state index >= 15 is 0 Å². The van der Waals surface area contributed by atoms with E-state index in [-0.39, 0.29) is 41.2 Å². The van der Waals surface area contributed by atoms with Gasteiger partial charge in [0.25, 0.3) is 27.7 Å². The number of anilines is 4. The summed E-state index contributed by atoms with van der Waals surface area (Å²) in [5, 5.41) is 75.2. The third kappa shape index (κ3) is 86.9. The Bertz CT molecular complexity index is 4410. The summed E-state index contributed by atoms with van der Waals surface area (Å²) in [4.78, 5) is 84.0. The minimum atomic E-state index is -2.97. The first kappa shape index (κ1) is 140. The molecule has 39 heteroatoms. The number of aliphatic hydroxyl groups is 1. The molecule has 3 heterocycles. The van der Waals surface area contributed by atoms with E-state index in [0.717, 1.165) is 147 Å². The summed E-state index contributed by atoms with van der Waals surface area (Å²) < 4.78 is 43.8. The Kier molecular flexibility index (Phi) is 73.1. The van der Waals surface area contributed by atoms with Crippen LogP contribution in [0.25, 0.3) is 0 Å². The molecule has 0 fully saturated rings. The third-order valence-corrected chi connectivity index (χ3v) is 21.4. The number of carbonyl (C=O) groups is 2. The van der Waals surface area contributed by atoms with Crippen molar-refractivity contribution in [2.24, 2.45) is 65.8 Å². The molecule has 2 aromatic carbocycles. The number of hydrogen-bond acceptors (Lipinski definition) is 26. The number of ether oxygens (including phenoxy) is 3. The number of aliphatic imine (C=N–C) groups is 1. The summed E-state index contributed by atoms with van der Waals surface area (Å²) in [6.45, 7) is 73.6. The predicted molar refractivity (Wildman–Crippen MR) is 582 cm³/mol. The van der Waals surface area contributed by atoms with Gasteiger partial charge in [-0.2, -0.15) is 5.26 Å². The van der Waals surface area contributed by atoms with Crippen molar-refractivity contribution in [2.45, 2.75) is 375 Å². The summed E-state index contributed by atoms with van der Waals surface area (Å²) in [6.07, 6.45) is 31.5. The number of amides is 2. The number of nitriles is 1. The highest BCUT2D eigenvalue weighted by molar-refractivity contribution is 7.88. The second kappa shape index (κ2) is 73.6. The molecular weight excluding hydrogens is 1820 g/mol. The minimum Gasteiger partial charge on any atom is -0.453 e. The summed E-state index contributed by atoms with van der Waals surface area (Å²) in [5.41, 5.74) is 4.16. The number of hydrazone groups is 1. The normalized spacial score (nSPS) is 11.9. The number of nitrogens with one attached hydrogen (secondary N) is 8. The van der Waals surface area contributed by atoms with Crippen molar-refractivity contribution in [3.8, 4) is 6.19 Å². The molecule has 38 nitrogen and oxygen atoms in total. The minimum absolute atomic E-state index is 0.0285. The Hall–Kier alpha value is -9.42.